The van der Waals surface area contributed by atoms with E-state index in [1.54, 1.807) is 6.08 Å². The highest BCUT2D eigenvalue weighted by atomic mass is 32.1. The maximum absolute atomic E-state index is 12.6. The van der Waals surface area contributed by atoms with Crippen molar-refractivity contribution in [2.75, 3.05) is 5.32 Å². The zero-order valence-corrected chi connectivity index (χ0v) is 17.0. The number of hydrogen-bond acceptors (Lipinski definition) is 5. The van der Waals surface area contributed by atoms with Crippen LogP contribution in [0.2, 0.25) is 0 Å². The largest absolute Gasteiger partial charge is 0.300 e. The van der Waals surface area contributed by atoms with Crippen molar-refractivity contribution >= 4 is 34.6 Å². The van der Waals surface area contributed by atoms with Gasteiger partial charge in [-0.15, -0.1) is 17.9 Å². The first-order valence-corrected chi connectivity index (χ1v) is 10.6. The number of carbonyl (C=O) groups excluding carboxylic acids is 1. The van der Waals surface area contributed by atoms with Gasteiger partial charge in [0, 0.05) is 17.5 Å². The van der Waals surface area contributed by atoms with Crippen LogP contribution in [0.15, 0.2) is 36.2 Å². The van der Waals surface area contributed by atoms with Crippen LogP contribution in [0.5, 0.6) is 0 Å². The number of thiazole rings is 1. The quantitative estimate of drug-likeness (QED) is 0.468. The molecular formula is C20H21N5OS2. The summed E-state index contributed by atoms with van der Waals surface area (Å²) in [6.45, 7) is 4.34. The fourth-order valence-corrected chi connectivity index (χ4v) is 4.39. The number of aryl methyl sites for hydroxylation is 2. The second kappa shape index (κ2) is 8.20. The molecule has 0 unspecified atom stereocenters. The van der Waals surface area contributed by atoms with Gasteiger partial charge in [-0.05, 0) is 61.2 Å². The first kappa shape index (κ1) is 18.8. The summed E-state index contributed by atoms with van der Waals surface area (Å²) in [7, 11) is 0. The number of nitrogens with zero attached hydrogens (tertiary/aromatic N) is 3. The lowest BCUT2D eigenvalue weighted by Crippen LogP contribution is -2.13. The zero-order chi connectivity index (χ0) is 19.5. The average molecular weight is 412 g/mol. The molecule has 1 aliphatic carbocycles. The Morgan fingerprint density at radius 2 is 2.18 bits per heavy atom. The molecule has 4 rings (SSSR count). The molecular weight excluding hydrogens is 390 g/mol. The lowest BCUT2D eigenvalue weighted by Gasteiger charge is -2.16. The van der Waals surface area contributed by atoms with Crippen LogP contribution in [0, 0.1) is 4.77 Å². The summed E-state index contributed by atoms with van der Waals surface area (Å²) in [5.74, 6) is 0.673. The minimum absolute atomic E-state index is 0.122. The molecule has 0 bridgehead atoms. The number of carbonyl (C=O) groups is 1. The van der Waals surface area contributed by atoms with E-state index in [0.29, 0.717) is 28.4 Å². The first-order valence-electron chi connectivity index (χ1n) is 9.26. The molecule has 28 heavy (non-hydrogen) atoms. The van der Waals surface area contributed by atoms with E-state index < -0.39 is 0 Å². The van der Waals surface area contributed by atoms with Gasteiger partial charge in [0.05, 0.1) is 12.1 Å². The molecule has 1 aromatic carbocycles. The van der Waals surface area contributed by atoms with E-state index in [2.05, 4.69) is 33.1 Å². The van der Waals surface area contributed by atoms with E-state index in [1.165, 1.54) is 35.3 Å². The Kier molecular flexibility index (Phi) is 5.50. The average Bonchev–Trinajstić information content (AvgIpc) is 3.29. The molecule has 1 amide bonds. The second-order valence-corrected chi connectivity index (χ2v) is 8.05. The number of aromatic nitrogens is 4. The van der Waals surface area contributed by atoms with Crippen LogP contribution in [0.25, 0.3) is 0 Å². The van der Waals surface area contributed by atoms with Crippen molar-refractivity contribution in [3.05, 3.63) is 69.2 Å². The van der Waals surface area contributed by atoms with Gasteiger partial charge in [0.2, 0.25) is 0 Å². The molecule has 0 radical (unpaired) electrons. The molecule has 0 aliphatic heterocycles. The van der Waals surface area contributed by atoms with Crippen LogP contribution in [0.4, 0.5) is 5.13 Å². The molecule has 0 atom stereocenters. The Bertz CT molecular complexity index is 1080. The number of hydrogen-bond donors (Lipinski definition) is 2. The minimum Gasteiger partial charge on any atom is -0.300 e. The smallest absolute Gasteiger partial charge is 0.257 e. The molecule has 0 spiro atoms. The van der Waals surface area contributed by atoms with Crippen molar-refractivity contribution in [2.45, 2.75) is 38.6 Å². The fraction of sp³-hybridized carbons (Fsp3) is 0.300. The van der Waals surface area contributed by atoms with Crippen LogP contribution >= 0.6 is 23.6 Å². The SMILES string of the molecule is C=CCn1c(Cc2csc(NC(=O)c3ccc4c(c3)CCCC4)n2)n[nH]c1=S. The Morgan fingerprint density at radius 1 is 1.36 bits per heavy atom. The van der Waals surface area contributed by atoms with Gasteiger partial charge in [0.15, 0.2) is 9.90 Å². The number of aromatic amines is 1. The van der Waals surface area contributed by atoms with Crippen molar-refractivity contribution in [3.8, 4) is 0 Å². The van der Waals surface area contributed by atoms with Crippen molar-refractivity contribution in [2.24, 2.45) is 0 Å². The third-order valence-corrected chi connectivity index (χ3v) is 5.99. The standard InChI is InChI=1S/C20H21N5OS2/c1-2-9-25-17(23-24-20(25)27)11-16-12-28-19(21-16)22-18(26)15-8-7-13-5-3-4-6-14(13)10-15/h2,7-8,10,12H,1,3-6,9,11H2,(H,24,27)(H,21,22,26). The Morgan fingerprint density at radius 3 is 3.00 bits per heavy atom. The predicted molar refractivity (Wildman–Crippen MR) is 114 cm³/mol. The maximum Gasteiger partial charge on any atom is 0.257 e. The molecule has 144 valence electrons. The fourth-order valence-electron chi connectivity index (χ4n) is 3.45. The Balaban J connectivity index is 1.45. The first-order chi connectivity index (χ1) is 13.6. The van der Waals surface area contributed by atoms with Crippen LogP contribution in [-0.4, -0.2) is 25.7 Å². The van der Waals surface area contributed by atoms with Crippen molar-refractivity contribution in [1.82, 2.24) is 19.7 Å². The summed E-state index contributed by atoms with van der Waals surface area (Å²) in [6, 6.07) is 6.01. The molecule has 6 nitrogen and oxygen atoms in total. The van der Waals surface area contributed by atoms with Gasteiger partial charge in [-0.2, -0.15) is 5.10 Å². The topological polar surface area (TPSA) is 75.6 Å². The molecule has 2 aromatic heterocycles. The zero-order valence-electron chi connectivity index (χ0n) is 15.4. The molecule has 0 fully saturated rings. The molecule has 1 aliphatic rings. The van der Waals surface area contributed by atoms with Crippen LogP contribution in [-0.2, 0) is 25.8 Å². The van der Waals surface area contributed by atoms with Gasteiger partial charge in [0.1, 0.15) is 5.82 Å². The highest BCUT2D eigenvalue weighted by Gasteiger charge is 2.15. The van der Waals surface area contributed by atoms with Gasteiger partial charge in [0.25, 0.3) is 5.91 Å². The monoisotopic (exact) mass is 411 g/mol. The minimum atomic E-state index is -0.122. The number of rotatable bonds is 6. The van der Waals surface area contributed by atoms with Crippen LogP contribution in [0.1, 0.15) is 45.8 Å². The van der Waals surface area contributed by atoms with E-state index in [0.717, 1.165) is 24.4 Å². The number of amides is 1. The number of H-pyrrole nitrogens is 1. The summed E-state index contributed by atoms with van der Waals surface area (Å²) in [5, 5.41) is 12.5. The van der Waals surface area contributed by atoms with E-state index in [1.807, 2.05) is 22.1 Å². The third kappa shape index (κ3) is 3.98. The Hall–Kier alpha value is -2.58. The second-order valence-electron chi connectivity index (χ2n) is 6.81. The summed E-state index contributed by atoms with van der Waals surface area (Å²) < 4.78 is 2.44. The number of anilines is 1. The van der Waals surface area contributed by atoms with Gasteiger partial charge >= 0.3 is 0 Å². The van der Waals surface area contributed by atoms with Crippen molar-refractivity contribution in [3.63, 3.8) is 0 Å². The number of nitrogens with one attached hydrogen (secondary N) is 2. The van der Waals surface area contributed by atoms with E-state index in [-0.39, 0.29) is 5.91 Å². The number of benzene rings is 1. The summed E-state index contributed by atoms with van der Waals surface area (Å²) in [5.41, 5.74) is 4.19. The normalized spacial score (nSPS) is 13.1. The van der Waals surface area contributed by atoms with Gasteiger partial charge in [-0.3, -0.25) is 19.8 Å². The molecule has 2 N–H and O–H groups in total. The highest BCUT2D eigenvalue weighted by Crippen LogP contribution is 2.23. The van der Waals surface area contributed by atoms with Crippen molar-refractivity contribution in [1.29, 1.82) is 0 Å². The summed E-state index contributed by atoms with van der Waals surface area (Å²) >= 11 is 6.65. The molecule has 0 saturated heterocycles. The number of allylic oxidation sites excluding steroid dienone is 1. The van der Waals surface area contributed by atoms with E-state index in [4.69, 9.17) is 12.2 Å². The molecule has 3 aromatic rings. The van der Waals surface area contributed by atoms with E-state index in [9.17, 15) is 4.79 Å². The highest BCUT2D eigenvalue weighted by molar-refractivity contribution is 7.71. The lowest BCUT2D eigenvalue weighted by molar-refractivity contribution is 0.102. The molecule has 8 heteroatoms. The van der Waals surface area contributed by atoms with Crippen LogP contribution < -0.4 is 5.32 Å². The Labute approximate surface area is 172 Å². The summed E-state index contributed by atoms with van der Waals surface area (Å²) in [4.78, 5) is 17.1. The van der Waals surface area contributed by atoms with Gasteiger partial charge in [-0.1, -0.05) is 12.1 Å². The van der Waals surface area contributed by atoms with Gasteiger partial charge in [-0.25, -0.2) is 4.98 Å². The third-order valence-electron chi connectivity index (χ3n) is 4.87. The predicted octanol–water partition coefficient (Wildman–Crippen LogP) is 4.31. The van der Waals surface area contributed by atoms with Gasteiger partial charge < -0.3 is 0 Å². The summed E-state index contributed by atoms with van der Waals surface area (Å²) in [6.07, 6.45) is 6.90. The van der Waals surface area contributed by atoms with E-state index >= 15 is 0 Å². The molecule has 2 heterocycles. The van der Waals surface area contributed by atoms with Crippen molar-refractivity contribution < 1.29 is 4.79 Å². The maximum atomic E-state index is 12.6. The number of fused-ring (bicyclic) bond motifs is 1. The molecule has 0 saturated carbocycles. The van der Waals surface area contributed by atoms with Crippen LogP contribution in [0.3, 0.4) is 0 Å². The lowest BCUT2D eigenvalue weighted by atomic mass is 9.90.